The highest BCUT2D eigenvalue weighted by Crippen LogP contribution is 2.38. The molecule has 21 heavy (non-hydrogen) atoms. The maximum atomic E-state index is 12.9. The molecule has 1 fully saturated rings. The lowest BCUT2D eigenvalue weighted by molar-refractivity contribution is -0.148. The van der Waals surface area contributed by atoms with Crippen LogP contribution in [-0.4, -0.2) is 48.7 Å². The Balaban J connectivity index is 2.40. The number of carboxylic acids is 1. The van der Waals surface area contributed by atoms with Gasteiger partial charge in [0.2, 0.25) is 5.91 Å². The van der Waals surface area contributed by atoms with Crippen LogP contribution in [0.1, 0.15) is 24.0 Å². The molecule has 2 rings (SSSR count). The molecule has 1 saturated heterocycles. The van der Waals surface area contributed by atoms with Gasteiger partial charge < -0.3 is 14.7 Å². The van der Waals surface area contributed by atoms with Crippen LogP contribution in [0.2, 0.25) is 0 Å². The Labute approximate surface area is 124 Å². The van der Waals surface area contributed by atoms with Gasteiger partial charge in [-0.25, -0.2) is 0 Å². The summed E-state index contributed by atoms with van der Waals surface area (Å²) in [5, 5.41) is 8.92. The van der Waals surface area contributed by atoms with Gasteiger partial charge in [0.05, 0.1) is 5.41 Å². The summed E-state index contributed by atoms with van der Waals surface area (Å²) < 4.78 is 5.41. The Morgan fingerprint density at radius 3 is 2.48 bits per heavy atom. The largest absolute Gasteiger partial charge is 0.480 e. The van der Waals surface area contributed by atoms with Crippen LogP contribution in [0, 0.1) is 6.92 Å². The number of carbonyl (C=O) groups is 2. The summed E-state index contributed by atoms with van der Waals surface area (Å²) in [6.45, 7) is 2.73. The number of ether oxygens (including phenoxy) is 1. The first kappa shape index (κ1) is 15.5. The lowest BCUT2D eigenvalue weighted by atomic mass is 9.71. The van der Waals surface area contributed by atoms with Crippen molar-refractivity contribution in [2.75, 3.05) is 26.8 Å². The van der Waals surface area contributed by atoms with Crippen LogP contribution in [0.3, 0.4) is 0 Å². The molecule has 1 aromatic carbocycles. The van der Waals surface area contributed by atoms with Gasteiger partial charge in [0, 0.05) is 20.3 Å². The van der Waals surface area contributed by atoms with Gasteiger partial charge in [0.1, 0.15) is 6.54 Å². The lowest BCUT2D eigenvalue weighted by Gasteiger charge is -2.39. The third-order valence-corrected chi connectivity index (χ3v) is 4.14. The predicted molar refractivity (Wildman–Crippen MR) is 78.2 cm³/mol. The fourth-order valence-corrected chi connectivity index (χ4v) is 3.07. The number of likely N-dealkylation sites (N-methyl/N-ethyl adjacent to an activating group) is 1. The number of nitrogens with zero attached hydrogens (tertiary/aromatic N) is 1. The van der Waals surface area contributed by atoms with E-state index in [1.807, 2.05) is 31.2 Å². The first-order valence-corrected chi connectivity index (χ1v) is 7.08. The van der Waals surface area contributed by atoms with Crippen LogP contribution < -0.4 is 0 Å². The summed E-state index contributed by atoms with van der Waals surface area (Å²) in [7, 11) is 1.55. The van der Waals surface area contributed by atoms with Gasteiger partial charge in [0.25, 0.3) is 0 Å². The fraction of sp³-hybridized carbons (Fsp3) is 0.500. The normalized spacial score (nSPS) is 17.2. The molecule has 1 heterocycles. The van der Waals surface area contributed by atoms with Crippen molar-refractivity contribution in [3.05, 3.63) is 35.4 Å². The van der Waals surface area contributed by atoms with Gasteiger partial charge in [-0.15, -0.1) is 0 Å². The van der Waals surface area contributed by atoms with Gasteiger partial charge in [-0.05, 0) is 30.9 Å². The number of hydrogen-bond donors (Lipinski definition) is 1. The molecule has 1 aromatic rings. The zero-order chi connectivity index (χ0) is 15.5. The highest BCUT2D eigenvalue weighted by atomic mass is 16.5. The summed E-state index contributed by atoms with van der Waals surface area (Å²) >= 11 is 0. The van der Waals surface area contributed by atoms with Gasteiger partial charge in [-0.3, -0.25) is 9.59 Å². The van der Waals surface area contributed by atoms with E-state index in [0.717, 1.165) is 11.1 Å². The molecule has 5 nitrogen and oxygen atoms in total. The van der Waals surface area contributed by atoms with Crippen molar-refractivity contribution in [1.29, 1.82) is 0 Å². The number of amides is 1. The second-order valence-electron chi connectivity index (χ2n) is 5.56. The number of benzene rings is 1. The van der Waals surface area contributed by atoms with E-state index in [1.165, 1.54) is 4.90 Å². The average Bonchev–Trinajstić information content (AvgIpc) is 2.47. The Bertz CT molecular complexity index is 535. The molecule has 1 amide bonds. The molecule has 0 aromatic heterocycles. The molecular weight excluding hydrogens is 270 g/mol. The monoisotopic (exact) mass is 291 g/mol. The average molecular weight is 291 g/mol. The van der Waals surface area contributed by atoms with Crippen molar-refractivity contribution in [2.24, 2.45) is 0 Å². The topological polar surface area (TPSA) is 66.8 Å². The minimum atomic E-state index is -1.00. The van der Waals surface area contributed by atoms with Crippen LogP contribution >= 0.6 is 0 Å². The molecule has 1 aliphatic rings. The van der Waals surface area contributed by atoms with E-state index in [2.05, 4.69) is 0 Å². The molecule has 0 atom stereocenters. The van der Waals surface area contributed by atoms with Gasteiger partial charge in [-0.2, -0.15) is 0 Å². The van der Waals surface area contributed by atoms with E-state index < -0.39 is 11.4 Å². The van der Waals surface area contributed by atoms with Crippen molar-refractivity contribution in [3.8, 4) is 0 Å². The van der Waals surface area contributed by atoms with E-state index in [1.54, 1.807) is 7.05 Å². The molecule has 0 bridgehead atoms. The maximum absolute atomic E-state index is 12.9. The fourth-order valence-electron chi connectivity index (χ4n) is 3.07. The number of aliphatic carboxylic acids is 1. The highest BCUT2D eigenvalue weighted by Gasteiger charge is 2.44. The first-order valence-electron chi connectivity index (χ1n) is 7.08. The summed E-state index contributed by atoms with van der Waals surface area (Å²) in [6.07, 6.45) is 1.17. The molecule has 0 radical (unpaired) electrons. The minimum Gasteiger partial charge on any atom is -0.480 e. The molecule has 1 N–H and O–H groups in total. The van der Waals surface area contributed by atoms with Crippen LogP contribution in [0.25, 0.3) is 0 Å². The van der Waals surface area contributed by atoms with Crippen LogP contribution in [-0.2, 0) is 19.7 Å². The molecule has 0 unspecified atom stereocenters. The summed E-state index contributed by atoms with van der Waals surface area (Å²) in [4.78, 5) is 25.1. The Kier molecular flexibility index (Phi) is 4.63. The Morgan fingerprint density at radius 2 is 1.90 bits per heavy atom. The maximum Gasteiger partial charge on any atom is 0.323 e. The molecular formula is C16H21NO4. The molecule has 0 saturated carbocycles. The van der Waals surface area contributed by atoms with Crippen LogP contribution in [0.4, 0.5) is 0 Å². The molecule has 5 heteroatoms. The van der Waals surface area contributed by atoms with E-state index in [9.17, 15) is 9.59 Å². The van der Waals surface area contributed by atoms with Crippen molar-refractivity contribution in [3.63, 3.8) is 0 Å². The number of rotatable bonds is 4. The number of hydrogen-bond acceptors (Lipinski definition) is 3. The summed E-state index contributed by atoms with van der Waals surface area (Å²) in [5.74, 6) is -1.14. The van der Waals surface area contributed by atoms with Crippen molar-refractivity contribution >= 4 is 11.9 Å². The standard InChI is InChI=1S/C16H21NO4/c1-12-5-3-4-6-13(12)16(7-9-21-10-8-16)15(20)17(2)11-14(18)19/h3-6H,7-11H2,1-2H3,(H,18,19). The summed E-state index contributed by atoms with van der Waals surface area (Å²) in [6, 6.07) is 7.81. The summed E-state index contributed by atoms with van der Waals surface area (Å²) in [5.41, 5.74) is 1.36. The third kappa shape index (κ3) is 3.08. The molecule has 1 aliphatic heterocycles. The Morgan fingerprint density at radius 1 is 1.29 bits per heavy atom. The second kappa shape index (κ2) is 6.26. The van der Waals surface area contributed by atoms with Crippen molar-refractivity contribution < 1.29 is 19.4 Å². The van der Waals surface area contributed by atoms with E-state index in [0.29, 0.717) is 26.1 Å². The molecule has 0 aliphatic carbocycles. The predicted octanol–water partition coefficient (Wildman–Crippen LogP) is 1.59. The molecule has 0 spiro atoms. The number of aryl methyl sites for hydroxylation is 1. The van der Waals surface area contributed by atoms with E-state index in [4.69, 9.17) is 9.84 Å². The SMILES string of the molecule is Cc1ccccc1C1(C(=O)N(C)CC(=O)O)CCOCC1. The number of carboxylic acid groups (broad SMARTS) is 1. The van der Waals surface area contributed by atoms with Gasteiger partial charge in [-0.1, -0.05) is 24.3 Å². The van der Waals surface area contributed by atoms with Crippen LogP contribution in [0.5, 0.6) is 0 Å². The first-order chi connectivity index (χ1) is 9.97. The zero-order valence-corrected chi connectivity index (χ0v) is 12.5. The van der Waals surface area contributed by atoms with Crippen molar-refractivity contribution in [2.45, 2.75) is 25.2 Å². The van der Waals surface area contributed by atoms with Crippen molar-refractivity contribution in [1.82, 2.24) is 4.90 Å². The third-order valence-electron chi connectivity index (χ3n) is 4.14. The minimum absolute atomic E-state index is 0.137. The Hall–Kier alpha value is -1.88. The number of carbonyl (C=O) groups excluding carboxylic acids is 1. The van der Waals surface area contributed by atoms with Crippen LogP contribution in [0.15, 0.2) is 24.3 Å². The van der Waals surface area contributed by atoms with E-state index in [-0.39, 0.29) is 12.5 Å². The van der Waals surface area contributed by atoms with Gasteiger partial charge >= 0.3 is 5.97 Å². The molecule has 114 valence electrons. The van der Waals surface area contributed by atoms with E-state index >= 15 is 0 Å². The zero-order valence-electron chi connectivity index (χ0n) is 12.5. The lowest BCUT2D eigenvalue weighted by Crippen LogP contribution is -2.50. The smallest absolute Gasteiger partial charge is 0.323 e. The highest BCUT2D eigenvalue weighted by molar-refractivity contribution is 5.90. The second-order valence-corrected chi connectivity index (χ2v) is 5.56. The van der Waals surface area contributed by atoms with Gasteiger partial charge in [0.15, 0.2) is 0 Å². The quantitative estimate of drug-likeness (QED) is 0.914.